The van der Waals surface area contributed by atoms with Crippen LogP contribution in [0.25, 0.3) is 11.3 Å². The molecular weight excluding hydrogens is 202 g/mol. The average Bonchev–Trinajstić information content (AvgIpc) is 2.71. The van der Waals surface area contributed by atoms with Gasteiger partial charge >= 0.3 is 0 Å². The molecular formula is C8H5N3O2S. The van der Waals surface area contributed by atoms with E-state index in [-0.39, 0.29) is 5.69 Å². The summed E-state index contributed by atoms with van der Waals surface area (Å²) in [4.78, 5) is 9.95. The van der Waals surface area contributed by atoms with Crippen LogP contribution in [0.5, 0.6) is 0 Å². The van der Waals surface area contributed by atoms with Crippen LogP contribution in [0, 0.1) is 10.1 Å². The van der Waals surface area contributed by atoms with Gasteiger partial charge in [-0.2, -0.15) is 8.75 Å². The lowest BCUT2D eigenvalue weighted by Crippen LogP contribution is -1.86. The van der Waals surface area contributed by atoms with E-state index in [1.54, 1.807) is 18.3 Å². The summed E-state index contributed by atoms with van der Waals surface area (Å²) in [6, 6.07) is 6.23. The second-order valence-corrected chi connectivity index (χ2v) is 3.15. The van der Waals surface area contributed by atoms with E-state index >= 15 is 0 Å². The van der Waals surface area contributed by atoms with E-state index in [2.05, 4.69) is 8.75 Å². The van der Waals surface area contributed by atoms with Gasteiger partial charge in [-0.3, -0.25) is 10.1 Å². The molecule has 0 unspecified atom stereocenters. The van der Waals surface area contributed by atoms with Gasteiger partial charge in [-0.15, -0.1) is 0 Å². The number of benzene rings is 1. The molecule has 0 fully saturated rings. The van der Waals surface area contributed by atoms with Gasteiger partial charge in [0.05, 0.1) is 22.8 Å². The lowest BCUT2D eigenvalue weighted by atomic mass is 10.1. The van der Waals surface area contributed by atoms with Crippen molar-refractivity contribution in [1.29, 1.82) is 0 Å². The summed E-state index contributed by atoms with van der Waals surface area (Å²) in [7, 11) is 0. The molecule has 0 radical (unpaired) electrons. The number of rotatable bonds is 2. The first-order valence-electron chi connectivity index (χ1n) is 3.80. The first-order chi connectivity index (χ1) is 6.77. The largest absolute Gasteiger partial charge is 0.269 e. The fourth-order valence-electron chi connectivity index (χ4n) is 1.05. The van der Waals surface area contributed by atoms with Crippen molar-refractivity contribution < 1.29 is 4.92 Å². The van der Waals surface area contributed by atoms with E-state index in [4.69, 9.17) is 0 Å². The Morgan fingerprint density at radius 2 is 2.00 bits per heavy atom. The zero-order valence-corrected chi connectivity index (χ0v) is 7.77. The number of non-ortho nitro benzene ring substituents is 1. The maximum absolute atomic E-state index is 10.4. The first-order valence-corrected chi connectivity index (χ1v) is 4.53. The number of hydrogen-bond acceptors (Lipinski definition) is 5. The molecule has 0 saturated carbocycles. The Morgan fingerprint density at radius 3 is 2.50 bits per heavy atom. The number of hydrogen-bond donors (Lipinski definition) is 0. The standard InChI is InChI=1S/C8H5N3O2S/c12-11(13)7-3-1-6(2-4-7)8-5-9-14-10-8/h1-5H. The fraction of sp³-hybridized carbons (Fsp3) is 0. The molecule has 0 aliphatic carbocycles. The van der Waals surface area contributed by atoms with Gasteiger partial charge in [0.15, 0.2) is 0 Å². The van der Waals surface area contributed by atoms with E-state index in [0.717, 1.165) is 23.0 Å². The molecule has 0 aliphatic rings. The highest BCUT2D eigenvalue weighted by Crippen LogP contribution is 2.20. The number of nitro benzene ring substituents is 1. The molecule has 6 heteroatoms. The second kappa shape index (κ2) is 3.51. The predicted molar refractivity (Wildman–Crippen MR) is 52.0 cm³/mol. The minimum absolute atomic E-state index is 0.0805. The van der Waals surface area contributed by atoms with E-state index in [1.807, 2.05) is 0 Å². The van der Waals surface area contributed by atoms with Gasteiger partial charge in [-0.1, -0.05) is 0 Å². The van der Waals surface area contributed by atoms with Crippen LogP contribution in [0.2, 0.25) is 0 Å². The van der Waals surface area contributed by atoms with Crippen LogP contribution in [0.3, 0.4) is 0 Å². The molecule has 1 aromatic carbocycles. The third-order valence-electron chi connectivity index (χ3n) is 1.74. The SMILES string of the molecule is O=[N+]([O-])c1ccc(-c2cnsn2)cc1. The first kappa shape index (κ1) is 8.76. The van der Waals surface area contributed by atoms with Crippen molar-refractivity contribution in [2.24, 2.45) is 0 Å². The van der Waals surface area contributed by atoms with Crippen molar-refractivity contribution in [3.05, 3.63) is 40.6 Å². The summed E-state index contributed by atoms with van der Waals surface area (Å²) in [5.41, 5.74) is 1.66. The zero-order chi connectivity index (χ0) is 9.97. The van der Waals surface area contributed by atoms with Gasteiger partial charge in [-0.25, -0.2) is 0 Å². The summed E-state index contributed by atoms with van der Waals surface area (Å²) in [6.45, 7) is 0. The Hall–Kier alpha value is -1.82. The van der Waals surface area contributed by atoms with Crippen molar-refractivity contribution in [1.82, 2.24) is 8.75 Å². The van der Waals surface area contributed by atoms with Gasteiger partial charge in [-0.05, 0) is 12.1 Å². The molecule has 0 bridgehead atoms. The van der Waals surface area contributed by atoms with Crippen molar-refractivity contribution in [2.75, 3.05) is 0 Å². The monoisotopic (exact) mass is 207 g/mol. The van der Waals surface area contributed by atoms with Crippen LogP contribution >= 0.6 is 11.7 Å². The maximum Gasteiger partial charge on any atom is 0.269 e. The van der Waals surface area contributed by atoms with Gasteiger partial charge in [0.2, 0.25) is 0 Å². The van der Waals surface area contributed by atoms with Crippen LogP contribution in [0.4, 0.5) is 5.69 Å². The Labute approximate surface area is 83.5 Å². The van der Waals surface area contributed by atoms with Crippen molar-refractivity contribution in [3.63, 3.8) is 0 Å². The minimum atomic E-state index is -0.428. The fourth-order valence-corrected chi connectivity index (χ4v) is 1.48. The van der Waals surface area contributed by atoms with E-state index < -0.39 is 4.92 Å². The van der Waals surface area contributed by atoms with Crippen molar-refractivity contribution in [2.45, 2.75) is 0 Å². The smallest absolute Gasteiger partial charge is 0.258 e. The molecule has 0 amide bonds. The highest BCUT2D eigenvalue weighted by Gasteiger charge is 2.05. The lowest BCUT2D eigenvalue weighted by Gasteiger charge is -1.94. The van der Waals surface area contributed by atoms with Gasteiger partial charge in [0, 0.05) is 17.7 Å². The number of nitro groups is 1. The molecule has 0 aliphatic heterocycles. The normalized spacial score (nSPS) is 10.0. The maximum atomic E-state index is 10.4. The summed E-state index contributed by atoms with van der Waals surface area (Å²) in [5.74, 6) is 0. The molecule has 2 rings (SSSR count). The van der Waals surface area contributed by atoms with E-state index in [1.165, 1.54) is 12.1 Å². The summed E-state index contributed by atoms with van der Waals surface area (Å²) in [5, 5.41) is 10.4. The molecule has 2 aromatic rings. The van der Waals surface area contributed by atoms with Crippen molar-refractivity contribution >= 4 is 17.4 Å². The highest BCUT2D eigenvalue weighted by molar-refractivity contribution is 6.99. The second-order valence-electron chi connectivity index (χ2n) is 2.60. The summed E-state index contributed by atoms with van der Waals surface area (Å²) < 4.78 is 7.87. The van der Waals surface area contributed by atoms with Crippen LogP contribution in [0.15, 0.2) is 30.5 Å². The van der Waals surface area contributed by atoms with E-state index in [0.29, 0.717) is 0 Å². The predicted octanol–water partition coefficient (Wildman–Crippen LogP) is 2.11. The highest BCUT2D eigenvalue weighted by atomic mass is 32.1. The lowest BCUT2D eigenvalue weighted by molar-refractivity contribution is -0.384. The summed E-state index contributed by atoms with van der Waals surface area (Å²) in [6.07, 6.45) is 1.63. The van der Waals surface area contributed by atoms with Gasteiger partial charge in [0.25, 0.3) is 5.69 Å². The van der Waals surface area contributed by atoms with Crippen LogP contribution in [-0.2, 0) is 0 Å². The average molecular weight is 207 g/mol. The van der Waals surface area contributed by atoms with Crippen LogP contribution in [-0.4, -0.2) is 13.7 Å². The zero-order valence-electron chi connectivity index (χ0n) is 6.95. The van der Waals surface area contributed by atoms with Gasteiger partial charge < -0.3 is 0 Å². The van der Waals surface area contributed by atoms with Gasteiger partial charge in [0.1, 0.15) is 5.69 Å². The molecule has 0 atom stereocenters. The summed E-state index contributed by atoms with van der Waals surface area (Å²) >= 11 is 1.11. The van der Waals surface area contributed by atoms with E-state index in [9.17, 15) is 10.1 Å². The Morgan fingerprint density at radius 1 is 1.29 bits per heavy atom. The molecule has 0 N–H and O–H groups in total. The quantitative estimate of drug-likeness (QED) is 0.558. The number of aromatic nitrogens is 2. The molecule has 0 spiro atoms. The molecule has 70 valence electrons. The molecule has 1 aromatic heterocycles. The molecule has 1 heterocycles. The molecule has 14 heavy (non-hydrogen) atoms. The third kappa shape index (κ3) is 1.60. The Balaban J connectivity index is 2.36. The third-order valence-corrected chi connectivity index (χ3v) is 2.21. The van der Waals surface area contributed by atoms with Crippen LogP contribution in [0.1, 0.15) is 0 Å². The Kier molecular flexibility index (Phi) is 2.19. The minimum Gasteiger partial charge on any atom is -0.258 e. The topological polar surface area (TPSA) is 68.9 Å². The number of nitrogens with zero attached hydrogens (tertiary/aromatic N) is 3. The van der Waals surface area contributed by atoms with Crippen LogP contribution < -0.4 is 0 Å². The Bertz CT molecular complexity index is 438. The van der Waals surface area contributed by atoms with Crippen molar-refractivity contribution in [3.8, 4) is 11.3 Å². The molecule has 0 saturated heterocycles. The molecule has 5 nitrogen and oxygen atoms in total.